The highest BCUT2D eigenvalue weighted by Gasteiger charge is 2.48. The fourth-order valence-corrected chi connectivity index (χ4v) is 4.19. The van der Waals surface area contributed by atoms with Crippen LogP contribution >= 0.6 is 11.6 Å². The van der Waals surface area contributed by atoms with E-state index in [9.17, 15) is 9.90 Å². The van der Waals surface area contributed by atoms with Gasteiger partial charge >= 0.3 is 0 Å². The molecule has 2 atom stereocenters. The van der Waals surface area contributed by atoms with Gasteiger partial charge in [-0.25, -0.2) is 0 Å². The number of hydrogen-bond donors (Lipinski definition) is 2. The van der Waals surface area contributed by atoms with Gasteiger partial charge in [0.2, 0.25) is 0 Å². The summed E-state index contributed by atoms with van der Waals surface area (Å²) in [5.74, 6) is -0.0861. The van der Waals surface area contributed by atoms with Crippen LogP contribution in [-0.4, -0.2) is 29.3 Å². The van der Waals surface area contributed by atoms with Crippen LogP contribution in [0.3, 0.4) is 0 Å². The van der Waals surface area contributed by atoms with E-state index >= 15 is 0 Å². The Kier molecular flexibility index (Phi) is 4.49. The third kappa shape index (κ3) is 3.13. The van der Waals surface area contributed by atoms with Crippen LogP contribution in [0.15, 0.2) is 48.2 Å². The van der Waals surface area contributed by atoms with Crippen LogP contribution in [-0.2, 0) is 9.53 Å². The summed E-state index contributed by atoms with van der Waals surface area (Å²) in [7, 11) is 0. The van der Waals surface area contributed by atoms with E-state index in [1.165, 1.54) is 0 Å². The zero-order valence-corrected chi connectivity index (χ0v) is 16.1. The first-order valence-corrected chi connectivity index (χ1v) is 9.52. The normalized spacial score (nSPS) is 25.1. The average molecular weight is 384 g/mol. The van der Waals surface area contributed by atoms with Gasteiger partial charge in [0.15, 0.2) is 0 Å². The number of hydrogen-bond acceptors (Lipinski definition) is 3. The zero-order valence-electron chi connectivity index (χ0n) is 15.4. The van der Waals surface area contributed by atoms with Crippen molar-refractivity contribution >= 4 is 23.1 Å². The summed E-state index contributed by atoms with van der Waals surface area (Å²) in [6, 6.07) is 13.5. The van der Waals surface area contributed by atoms with Crippen molar-refractivity contribution in [3.8, 4) is 11.1 Å². The summed E-state index contributed by atoms with van der Waals surface area (Å²) < 4.78 is 5.60. The highest BCUT2D eigenvalue weighted by Crippen LogP contribution is 2.41. The van der Waals surface area contributed by atoms with Crippen LogP contribution in [0.4, 0.5) is 0 Å². The highest BCUT2D eigenvalue weighted by atomic mass is 35.5. The summed E-state index contributed by atoms with van der Waals surface area (Å²) in [5, 5.41) is 14.8. The minimum absolute atomic E-state index is 0.0120. The van der Waals surface area contributed by atoms with Crippen molar-refractivity contribution in [2.45, 2.75) is 38.3 Å². The van der Waals surface area contributed by atoms with Crippen molar-refractivity contribution in [2.75, 3.05) is 6.61 Å². The van der Waals surface area contributed by atoms with Gasteiger partial charge in [0.1, 0.15) is 11.3 Å². The molecule has 0 aromatic heterocycles. The number of aryl methyl sites for hydroxylation is 1. The Morgan fingerprint density at radius 3 is 2.59 bits per heavy atom. The number of carbonyl (C=O) groups excluding carboxylic acids is 1. The van der Waals surface area contributed by atoms with Crippen LogP contribution < -0.4 is 5.32 Å². The molecule has 2 heterocycles. The van der Waals surface area contributed by atoms with Gasteiger partial charge in [0.25, 0.3) is 5.91 Å². The summed E-state index contributed by atoms with van der Waals surface area (Å²) in [5.41, 5.74) is 3.34. The number of benzene rings is 2. The van der Waals surface area contributed by atoms with Crippen LogP contribution in [0.1, 0.15) is 30.9 Å². The van der Waals surface area contributed by atoms with E-state index in [1.807, 2.05) is 56.3 Å². The maximum atomic E-state index is 12.8. The molecule has 4 rings (SSSR count). The number of aliphatic hydroxyl groups excluding tert-OH is 1. The average Bonchev–Trinajstić information content (AvgIpc) is 2.86. The molecule has 2 N–H and O–H groups in total. The molecule has 0 bridgehead atoms. The quantitative estimate of drug-likeness (QED) is 0.793. The number of aliphatic hydroxyl groups is 1. The van der Waals surface area contributed by atoms with E-state index in [-0.39, 0.29) is 17.8 Å². The molecule has 0 saturated carbocycles. The molecule has 2 aliphatic heterocycles. The monoisotopic (exact) mass is 383 g/mol. The van der Waals surface area contributed by atoms with E-state index in [1.54, 1.807) is 0 Å². The van der Waals surface area contributed by atoms with Gasteiger partial charge in [-0.1, -0.05) is 35.9 Å². The Balaban J connectivity index is 1.80. The predicted molar refractivity (Wildman–Crippen MR) is 107 cm³/mol. The second-order valence-corrected chi connectivity index (χ2v) is 7.87. The smallest absolute Gasteiger partial charge is 0.256 e. The molecular formula is C22H22ClNO3. The van der Waals surface area contributed by atoms with E-state index in [4.69, 9.17) is 16.3 Å². The summed E-state index contributed by atoms with van der Waals surface area (Å²) in [6.45, 7) is 4.43. The third-order valence-electron chi connectivity index (χ3n) is 5.52. The first-order chi connectivity index (χ1) is 12.9. The van der Waals surface area contributed by atoms with Gasteiger partial charge in [-0.05, 0) is 54.3 Å². The van der Waals surface area contributed by atoms with Crippen LogP contribution in [0.5, 0.6) is 0 Å². The van der Waals surface area contributed by atoms with Crippen molar-refractivity contribution < 1.29 is 14.6 Å². The maximum absolute atomic E-state index is 12.8. The molecule has 5 heteroatoms. The van der Waals surface area contributed by atoms with Crippen LogP contribution in [0.25, 0.3) is 16.7 Å². The lowest BCUT2D eigenvalue weighted by Crippen LogP contribution is -2.50. The number of halogens is 1. The number of ether oxygens (including phenoxy) is 1. The van der Waals surface area contributed by atoms with Gasteiger partial charge in [-0.3, -0.25) is 4.79 Å². The predicted octanol–water partition coefficient (Wildman–Crippen LogP) is 4.65. The van der Waals surface area contributed by atoms with Gasteiger partial charge in [-0.2, -0.15) is 0 Å². The van der Waals surface area contributed by atoms with E-state index in [0.717, 1.165) is 22.3 Å². The number of nitrogens with one attached hydrogen (secondary N) is 1. The molecule has 1 fully saturated rings. The molecule has 4 nitrogen and oxygen atoms in total. The van der Waals surface area contributed by atoms with Crippen molar-refractivity contribution in [1.82, 2.24) is 5.32 Å². The minimum atomic E-state index is -0.715. The van der Waals surface area contributed by atoms with Crippen molar-refractivity contribution in [3.63, 3.8) is 0 Å². The molecule has 1 spiro atoms. The molecule has 2 aromatic carbocycles. The first-order valence-electron chi connectivity index (χ1n) is 9.14. The second kappa shape index (κ2) is 6.70. The summed E-state index contributed by atoms with van der Waals surface area (Å²) in [6.07, 6.45) is 1.14. The Hall–Kier alpha value is -2.30. The lowest BCUT2D eigenvalue weighted by molar-refractivity contribution is -0.117. The van der Waals surface area contributed by atoms with Crippen LogP contribution in [0.2, 0.25) is 5.02 Å². The molecule has 0 aliphatic carbocycles. The van der Waals surface area contributed by atoms with Crippen molar-refractivity contribution in [3.05, 3.63) is 64.4 Å². The molecule has 27 heavy (non-hydrogen) atoms. The Bertz CT molecular complexity index is 935. The third-order valence-corrected chi connectivity index (χ3v) is 5.77. The largest absolute Gasteiger partial charge is 0.509 e. The Morgan fingerprint density at radius 1 is 1.19 bits per heavy atom. The zero-order chi connectivity index (χ0) is 19.2. The molecule has 1 amide bonds. The molecule has 2 unspecified atom stereocenters. The summed E-state index contributed by atoms with van der Waals surface area (Å²) >= 11 is 5.99. The second-order valence-electron chi connectivity index (χ2n) is 7.43. The standard InChI is InChI=1S/C22H22ClNO3/c1-13-3-4-16(15-5-7-17(23)8-6-15)11-18(13)19-20(25)22(24-21(19)26)9-10-27-14(2)12-22/h3-8,11,14,25H,9-10,12H2,1-2H3,(H,24,26). The minimum Gasteiger partial charge on any atom is -0.509 e. The molecule has 2 aliphatic rings. The van der Waals surface area contributed by atoms with E-state index in [2.05, 4.69) is 5.32 Å². The van der Waals surface area contributed by atoms with Gasteiger partial charge in [0, 0.05) is 24.5 Å². The van der Waals surface area contributed by atoms with Crippen LogP contribution in [0, 0.1) is 6.92 Å². The lowest BCUT2D eigenvalue weighted by Gasteiger charge is -2.36. The van der Waals surface area contributed by atoms with Gasteiger partial charge in [0.05, 0.1) is 11.7 Å². The van der Waals surface area contributed by atoms with Gasteiger partial charge < -0.3 is 15.2 Å². The van der Waals surface area contributed by atoms with Crippen molar-refractivity contribution in [1.29, 1.82) is 0 Å². The molecule has 140 valence electrons. The van der Waals surface area contributed by atoms with E-state index < -0.39 is 5.54 Å². The molecule has 2 aromatic rings. The summed E-state index contributed by atoms with van der Waals surface area (Å²) in [4.78, 5) is 12.8. The number of carbonyl (C=O) groups is 1. The van der Waals surface area contributed by atoms with Gasteiger partial charge in [-0.15, -0.1) is 0 Å². The molecule has 1 saturated heterocycles. The maximum Gasteiger partial charge on any atom is 0.256 e. The van der Waals surface area contributed by atoms with Crippen molar-refractivity contribution in [2.24, 2.45) is 0 Å². The fraction of sp³-hybridized carbons (Fsp3) is 0.318. The number of amides is 1. The molecule has 0 radical (unpaired) electrons. The Morgan fingerprint density at radius 2 is 1.89 bits per heavy atom. The SMILES string of the molecule is Cc1ccc(-c2ccc(Cl)cc2)cc1C1=C(O)C2(CCOC(C)C2)NC1=O. The molecular weight excluding hydrogens is 362 g/mol. The fourth-order valence-electron chi connectivity index (χ4n) is 4.06. The number of rotatable bonds is 2. The Labute approximate surface area is 163 Å². The topological polar surface area (TPSA) is 58.6 Å². The lowest BCUT2D eigenvalue weighted by atomic mass is 9.84. The highest BCUT2D eigenvalue weighted by molar-refractivity contribution is 6.30. The first kappa shape index (κ1) is 18.1. The van der Waals surface area contributed by atoms with E-state index in [0.29, 0.717) is 30.0 Å².